The summed E-state index contributed by atoms with van der Waals surface area (Å²) in [6.07, 6.45) is 0.797. The summed E-state index contributed by atoms with van der Waals surface area (Å²) >= 11 is 1.70. The van der Waals surface area contributed by atoms with Crippen molar-refractivity contribution < 1.29 is 9.59 Å². The maximum absolute atomic E-state index is 12.5. The molecule has 2 amide bonds. The minimum atomic E-state index is -0.0764. The first-order valence-corrected chi connectivity index (χ1v) is 9.24. The summed E-state index contributed by atoms with van der Waals surface area (Å²) in [6, 6.07) is 9.86. The zero-order chi connectivity index (χ0) is 18.0. The van der Waals surface area contributed by atoms with Crippen LogP contribution in [0.1, 0.15) is 33.8 Å². The molecule has 1 atom stereocenters. The van der Waals surface area contributed by atoms with E-state index in [-0.39, 0.29) is 17.9 Å². The first-order chi connectivity index (χ1) is 12.0. The molecule has 1 aromatic carbocycles. The van der Waals surface area contributed by atoms with Crippen LogP contribution in [0.4, 0.5) is 5.69 Å². The number of fused-ring (bicyclic) bond motifs is 1. The van der Waals surface area contributed by atoms with Crippen LogP contribution in [0.3, 0.4) is 0 Å². The lowest BCUT2D eigenvalue weighted by atomic mass is 10.1. The first-order valence-electron chi connectivity index (χ1n) is 8.36. The molecule has 0 saturated carbocycles. The van der Waals surface area contributed by atoms with Gasteiger partial charge in [-0.2, -0.15) is 0 Å². The second-order valence-electron chi connectivity index (χ2n) is 6.47. The molecule has 0 bridgehead atoms. The lowest BCUT2D eigenvalue weighted by Gasteiger charge is -2.23. The van der Waals surface area contributed by atoms with Crippen LogP contribution in [0.2, 0.25) is 0 Å². The standard InChI is InChI=1S/C19H23N3O2S/c1-13(23)22-9-8-14-11-15(6-7-16(14)22)19(24)20-12-17(21(2)3)18-5-4-10-25-18/h4-7,10-11,17H,8-9,12H2,1-3H3,(H,20,24)/t17-/m1/s1. The second-order valence-corrected chi connectivity index (χ2v) is 7.45. The third-order valence-electron chi connectivity index (χ3n) is 4.57. The summed E-state index contributed by atoms with van der Waals surface area (Å²) < 4.78 is 0. The molecule has 0 aliphatic carbocycles. The van der Waals surface area contributed by atoms with E-state index in [2.05, 4.69) is 21.7 Å². The minimum Gasteiger partial charge on any atom is -0.350 e. The maximum Gasteiger partial charge on any atom is 0.251 e. The van der Waals surface area contributed by atoms with E-state index in [9.17, 15) is 9.59 Å². The van der Waals surface area contributed by atoms with Gasteiger partial charge in [0.1, 0.15) is 0 Å². The lowest BCUT2D eigenvalue weighted by molar-refractivity contribution is -0.116. The van der Waals surface area contributed by atoms with Crippen LogP contribution < -0.4 is 10.2 Å². The Morgan fingerprint density at radius 1 is 1.32 bits per heavy atom. The van der Waals surface area contributed by atoms with Gasteiger partial charge in [-0.3, -0.25) is 9.59 Å². The molecule has 3 rings (SSSR count). The van der Waals surface area contributed by atoms with Crippen LogP contribution in [0.15, 0.2) is 35.7 Å². The van der Waals surface area contributed by atoms with Crippen molar-refractivity contribution in [3.8, 4) is 0 Å². The normalized spacial score (nSPS) is 14.5. The number of rotatable bonds is 5. The van der Waals surface area contributed by atoms with Gasteiger partial charge >= 0.3 is 0 Å². The highest BCUT2D eigenvalue weighted by Crippen LogP contribution is 2.29. The van der Waals surface area contributed by atoms with E-state index >= 15 is 0 Å². The number of nitrogens with zero attached hydrogens (tertiary/aromatic N) is 2. The highest BCUT2D eigenvalue weighted by molar-refractivity contribution is 7.10. The Balaban J connectivity index is 1.69. The third-order valence-corrected chi connectivity index (χ3v) is 5.54. The van der Waals surface area contributed by atoms with Crippen molar-refractivity contribution in [1.29, 1.82) is 0 Å². The number of benzene rings is 1. The summed E-state index contributed by atoms with van der Waals surface area (Å²) in [6.45, 7) is 2.82. The Bertz CT molecular complexity index is 771. The number of anilines is 1. The van der Waals surface area contributed by atoms with Crippen LogP contribution >= 0.6 is 11.3 Å². The predicted octanol–water partition coefficient (Wildman–Crippen LogP) is 2.69. The van der Waals surface area contributed by atoms with Gasteiger partial charge < -0.3 is 15.1 Å². The monoisotopic (exact) mass is 357 g/mol. The summed E-state index contributed by atoms with van der Waals surface area (Å²) in [5, 5.41) is 5.09. The zero-order valence-corrected chi connectivity index (χ0v) is 15.6. The SMILES string of the molecule is CC(=O)N1CCc2cc(C(=O)NC[C@H](c3cccs3)N(C)C)ccc21. The molecule has 0 fully saturated rings. The second kappa shape index (κ2) is 7.37. The fourth-order valence-corrected chi connectivity index (χ4v) is 4.10. The average Bonchev–Trinajstić information content (AvgIpc) is 3.23. The molecule has 5 nitrogen and oxygen atoms in total. The van der Waals surface area contributed by atoms with E-state index < -0.39 is 0 Å². The first kappa shape index (κ1) is 17.6. The molecule has 132 valence electrons. The fraction of sp³-hybridized carbons (Fsp3) is 0.368. The van der Waals surface area contributed by atoms with Crippen molar-refractivity contribution in [3.63, 3.8) is 0 Å². The van der Waals surface area contributed by atoms with Gasteiger partial charge in [0.25, 0.3) is 5.91 Å². The van der Waals surface area contributed by atoms with Gasteiger partial charge in [0.05, 0.1) is 6.04 Å². The highest BCUT2D eigenvalue weighted by atomic mass is 32.1. The van der Waals surface area contributed by atoms with Crippen LogP contribution in [0.5, 0.6) is 0 Å². The summed E-state index contributed by atoms with van der Waals surface area (Å²) in [5.74, 6) is -0.0341. The van der Waals surface area contributed by atoms with Gasteiger partial charge in [0.2, 0.25) is 5.91 Å². The zero-order valence-electron chi connectivity index (χ0n) is 14.8. The lowest BCUT2D eigenvalue weighted by Crippen LogP contribution is -2.34. The van der Waals surface area contributed by atoms with Crippen molar-refractivity contribution in [3.05, 3.63) is 51.7 Å². The Hall–Kier alpha value is -2.18. The van der Waals surface area contributed by atoms with Crippen molar-refractivity contribution in [1.82, 2.24) is 10.2 Å². The molecule has 2 heterocycles. The Labute approximate surface area is 152 Å². The topological polar surface area (TPSA) is 52.7 Å². The average molecular weight is 357 g/mol. The maximum atomic E-state index is 12.5. The van der Waals surface area contributed by atoms with Gasteiger partial charge in [-0.25, -0.2) is 0 Å². The van der Waals surface area contributed by atoms with E-state index in [0.717, 1.165) is 17.7 Å². The minimum absolute atomic E-state index is 0.0423. The molecule has 1 aromatic heterocycles. The number of carbonyl (C=O) groups is 2. The molecule has 1 N–H and O–H groups in total. The van der Waals surface area contributed by atoms with Crippen LogP contribution in [-0.4, -0.2) is 43.9 Å². The van der Waals surface area contributed by atoms with Gasteiger partial charge in [0.15, 0.2) is 0 Å². The predicted molar refractivity (Wildman–Crippen MR) is 101 cm³/mol. The van der Waals surface area contributed by atoms with Crippen molar-refractivity contribution in [2.45, 2.75) is 19.4 Å². The van der Waals surface area contributed by atoms with Crippen LogP contribution in [0, 0.1) is 0 Å². The number of carbonyl (C=O) groups excluding carboxylic acids is 2. The summed E-state index contributed by atoms with van der Waals surface area (Å²) in [7, 11) is 4.03. The number of nitrogens with one attached hydrogen (secondary N) is 1. The molecule has 6 heteroatoms. The van der Waals surface area contributed by atoms with Gasteiger partial charge in [-0.15, -0.1) is 11.3 Å². The molecule has 0 saturated heterocycles. The Morgan fingerprint density at radius 3 is 2.76 bits per heavy atom. The van der Waals surface area contributed by atoms with Crippen LogP contribution in [-0.2, 0) is 11.2 Å². The highest BCUT2D eigenvalue weighted by Gasteiger charge is 2.23. The van der Waals surface area contributed by atoms with E-state index in [0.29, 0.717) is 18.7 Å². The molecule has 0 spiro atoms. The van der Waals surface area contributed by atoms with Crippen molar-refractivity contribution in [2.24, 2.45) is 0 Å². The molecule has 0 radical (unpaired) electrons. The number of hydrogen-bond acceptors (Lipinski definition) is 4. The van der Waals surface area contributed by atoms with Gasteiger partial charge in [-0.1, -0.05) is 6.07 Å². The van der Waals surface area contributed by atoms with Gasteiger partial charge in [0, 0.05) is 36.1 Å². The van der Waals surface area contributed by atoms with E-state index in [1.807, 2.05) is 32.3 Å². The molecular formula is C19H23N3O2S. The molecule has 2 aromatic rings. The fourth-order valence-electron chi connectivity index (χ4n) is 3.18. The number of hydrogen-bond donors (Lipinski definition) is 1. The summed E-state index contributed by atoms with van der Waals surface area (Å²) in [5.41, 5.74) is 2.63. The van der Waals surface area contributed by atoms with Gasteiger partial charge in [-0.05, 0) is 55.7 Å². The molecular weight excluding hydrogens is 334 g/mol. The van der Waals surface area contributed by atoms with E-state index in [1.165, 1.54) is 4.88 Å². The van der Waals surface area contributed by atoms with E-state index in [1.54, 1.807) is 29.2 Å². The largest absolute Gasteiger partial charge is 0.350 e. The third kappa shape index (κ3) is 3.75. The number of amides is 2. The molecule has 25 heavy (non-hydrogen) atoms. The van der Waals surface area contributed by atoms with E-state index in [4.69, 9.17) is 0 Å². The number of likely N-dealkylation sites (N-methyl/N-ethyl adjacent to an activating group) is 1. The Morgan fingerprint density at radius 2 is 2.12 bits per heavy atom. The smallest absolute Gasteiger partial charge is 0.251 e. The molecule has 1 aliphatic heterocycles. The summed E-state index contributed by atoms with van der Waals surface area (Å²) in [4.78, 5) is 29.3. The molecule has 1 aliphatic rings. The quantitative estimate of drug-likeness (QED) is 0.895. The van der Waals surface area contributed by atoms with Crippen LogP contribution in [0.25, 0.3) is 0 Å². The number of thiophene rings is 1. The van der Waals surface area contributed by atoms with Crippen molar-refractivity contribution in [2.75, 3.05) is 32.1 Å². The Kier molecular flexibility index (Phi) is 5.20. The van der Waals surface area contributed by atoms with Crippen molar-refractivity contribution >= 4 is 28.8 Å². The molecule has 0 unspecified atom stereocenters.